The van der Waals surface area contributed by atoms with Gasteiger partial charge < -0.3 is 10.2 Å². The maximum atomic E-state index is 12.8. The van der Waals surface area contributed by atoms with E-state index in [1.807, 2.05) is 37.3 Å². The van der Waals surface area contributed by atoms with Crippen LogP contribution in [0.4, 0.5) is 5.82 Å². The third-order valence-electron chi connectivity index (χ3n) is 6.09. The molecule has 1 aromatic heterocycles. The molecule has 1 aliphatic heterocycles. The molecule has 0 bridgehead atoms. The number of piperidine rings is 1. The second-order valence-corrected chi connectivity index (χ2v) is 8.95. The highest BCUT2D eigenvalue weighted by molar-refractivity contribution is 6.31. The van der Waals surface area contributed by atoms with Gasteiger partial charge in [-0.2, -0.15) is 4.68 Å². The second-order valence-electron chi connectivity index (χ2n) is 8.54. The smallest absolute Gasteiger partial charge is 0.271 e. The third kappa shape index (κ3) is 5.82. The molecule has 3 aromatic rings. The number of carbonyl (C=O) groups excluding carboxylic acids is 1. The van der Waals surface area contributed by atoms with Gasteiger partial charge in [0.05, 0.1) is 11.6 Å². The standard InChI is InChI=1S/C26H29ClN4O2/c1-19-11-12-22(17-23(19)27)31-25(32)14-13-24(29-31)30-16-6-10-21(18-30)26(33)28-15-5-9-20-7-3-2-4-8-20/h2-4,7-8,11-14,17,21H,5-6,9-10,15-16,18H2,1H3,(H,28,33)/t21-/m1/s1. The first-order valence-electron chi connectivity index (χ1n) is 11.4. The molecule has 1 fully saturated rings. The molecule has 0 unspecified atom stereocenters. The number of halogens is 1. The lowest BCUT2D eigenvalue weighted by Gasteiger charge is -2.33. The fourth-order valence-electron chi connectivity index (χ4n) is 4.16. The lowest BCUT2D eigenvalue weighted by Crippen LogP contribution is -2.44. The van der Waals surface area contributed by atoms with Crippen LogP contribution in [0.15, 0.2) is 65.5 Å². The molecule has 7 heteroatoms. The summed E-state index contributed by atoms with van der Waals surface area (Å²) in [5, 5.41) is 8.27. The summed E-state index contributed by atoms with van der Waals surface area (Å²) in [6, 6.07) is 19.0. The lowest BCUT2D eigenvalue weighted by molar-refractivity contribution is -0.125. The van der Waals surface area contributed by atoms with Gasteiger partial charge in [-0.1, -0.05) is 48.0 Å². The molecule has 1 atom stereocenters. The summed E-state index contributed by atoms with van der Waals surface area (Å²) in [4.78, 5) is 27.3. The molecule has 172 valence electrons. The monoisotopic (exact) mass is 464 g/mol. The highest BCUT2D eigenvalue weighted by Gasteiger charge is 2.26. The zero-order valence-electron chi connectivity index (χ0n) is 18.8. The molecule has 0 aliphatic carbocycles. The van der Waals surface area contributed by atoms with E-state index >= 15 is 0 Å². The lowest BCUT2D eigenvalue weighted by atomic mass is 9.97. The minimum absolute atomic E-state index is 0.0893. The number of anilines is 1. The van der Waals surface area contributed by atoms with Gasteiger partial charge in [0.25, 0.3) is 5.56 Å². The van der Waals surface area contributed by atoms with Gasteiger partial charge in [-0.3, -0.25) is 9.59 Å². The van der Waals surface area contributed by atoms with E-state index < -0.39 is 0 Å². The Morgan fingerprint density at radius 3 is 2.76 bits per heavy atom. The van der Waals surface area contributed by atoms with Crippen LogP contribution in [0.25, 0.3) is 5.69 Å². The number of benzene rings is 2. The summed E-state index contributed by atoms with van der Waals surface area (Å²) >= 11 is 6.25. The zero-order valence-corrected chi connectivity index (χ0v) is 19.6. The van der Waals surface area contributed by atoms with Crippen LogP contribution in [-0.2, 0) is 11.2 Å². The fraction of sp³-hybridized carbons (Fsp3) is 0.346. The maximum absolute atomic E-state index is 12.8. The Morgan fingerprint density at radius 2 is 1.97 bits per heavy atom. The average Bonchev–Trinajstić information content (AvgIpc) is 2.84. The number of nitrogens with one attached hydrogen (secondary N) is 1. The van der Waals surface area contributed by atoms with E-state index in [1.165, 1.54) is 16.3 Å². The molecule has 6 nitrogen and oxygen atoms in total. The molecule has 2 aromatic carbocycles. The maximum Gasteiger partial charge on any atom is 0.271 e. The van der Waals surface area contributed by atoms with Crippen LogP contribution in [0.1, 0.15) is 30.4 Å². The highest BCUT2D eigenvalue weighted by atomic mass is 35.5. The van der Waals surface area contributed by atoms with E-state index in [4.69, 9.17) is 11.6 Å². The minimum Gasteiger partial charge on any atom is -0.356 e. The van der Waals surface area contributed by atoms with E-state index in [-0.39, 0.29) is 17.4 Å². The Kier molecular flexibility index (Phi) is 7.45. The van der Waals surface area contributed by atoms with Crippen molar-refractivity contribution in [3.8, 4) is 5.69 Å². The van der Waals surface area contributed by atoms with Crippen LogP contribution in [0.2, 0.25) is 5.02 Å². The van der Waals surface area contributed by atoms with Crippen molar-refractivity contribution in [2.75, 3.05) is 24.5 Å². The molecule has 1 aliphatic rings. The van der Waals surface area contributed by atoms with Gasteiger partial charge in [0, 0.05) is 30.7 Å². The van der Waals surface area contributed by atoms with Crippen molar-refractivity contribution in [2.24, 2.45) is 5.92 Å². The number of rotatable bonds is 7. The first-order valence-corrected chi connectivity index (χ1v) is 11.8. The molecule has 1 saturated heterocycles. The van der Waals surface area contributed by atoms with Crippen LogP contribution in [0.3, 0.4) is 0 Å². The van der Waals surface area contributed by atoms with Gasteiger partial charge >= 0.3 is 0 Å². The first kappa shape index (κ1) is 23.1. The van der Waals surface area contributed by atoms with Crippen molar-refractivity contribution in [3.63, 3.8) is 0 Å². The molecule has 33 heavy (non-hydrogen) atoms. The zero-order chi connectivity index (χ0) is 23.2. The van der Waals surface area contributed by atoms with Crippen molar-refractivity contribution in [1.29, 1.82) is 0 Å². The molecule has 4 rings (SSSR count). The van der Waals surface area contributed by atoms with E-state index in [1.54, 1.807) is 12.1 Å². The number of aromatic nitrogens is 2. The summed E-state index contributed by atoms with van der Waals surface area (Å²) in [6.45, 7) is 3.98. The Labute approximate surface area is 199 Å². The molecule has 2 heterocycles. The van der Waals surface area contributed by atoms with Crippen LogP contribution in [-0.4, -0.2) is 35.3 Å². The number of amides is 1. The van der Waals surface area contributed by atoms with Gasteiger partial charge in [-0.25, -0.2) is 0 Å². The molecule has 1 amide bonds. The van der Waals surface area contributed by atoms with Crippen molar-refractivity contribution in [1.82, 2.24) is 15.1 Å². The van der Waals surface area contributed by atoms with Crippen LogP contribution >= 0.6 is 11.6 Å². The average molecular weight is 465 g/mol. The van der Waals surface area contributed by atoms with Crippen LogP contribution in [0.5, 0.6) is 0 Å². The summed E-state index contributed by atoms with van der Waals surface area (Å²) in [7, 11) is 0. The molecule has 0 radical (unpaired) electrons. The number of carbonyl (C=O) groups is 1. The van der Waals surface area contributed by atoms with Crippen molar-refractivity contribution in [2.45, 2.75) is 32.6 Å². The van der Waals surface area contributed by atoms with Gasteiger partial charge in [-0.15, -0.1) is 5.10 Å². The molecular formula is C26H29ClN4O2. The van der Waals surface area contributed by atoms with Gasteiger partial charge in [0.1, 0.15) is 5.82 Å². The molecule has 0 saturated carbocycles. The number of hydrogen-bond acceptors (Lipinski definition) is 4. The molecular weight excluding hydrogens is 436 g/mol. The van der Waals surface area contributed by atoms with Gasteiger partial charge in [-0.05, 0) is 61.9 Å². The van der Waals surface area contributed by atoms with Gasteiger partial charge in [0.2, 0.25) is 5.91 Å². The largest absolute Gasteiger partial charge is 0.356 e. The van der Waals surface area contributed by atoms with E-state index in [2.05, 4.69) is 27.4 Å². The topological polar surface area (TPSA) is 67.2 Å². The van der Waals surface area contributed by atoms with Gasteiger partial charge in [0.15, 0.2) is 0 Å². The van der Waals surface area contributed by atoms with E-state index in [9.17, 15) is 9.59 Å². The molecule has 0 spiro atoms. The summed E-state index contributed by atoms with van der Waals surface area (Å²) in [5.41, 5.74) is 2.63. The quantitative estimate of drug-likeness (QED) is 0.533. The summed E-state index contributed by atoms with van der Waals surface area (Å²) < 4.78 is 1.37. The second kappa shape index (κ2) is 10.7. The first-order chi connectivity index (χ1) is 16.0. The van der Waals surface area contributed by atoms with E-state index in [0.717, 1.165) is 37.8 Å². The Balaban J connectivity index is 1.38. The SMILES string of the molecule is Cc1ccc(-n2nc(N3CCC[C@@H](C(=O)NCCCc4ccccc4)C3)ccc2=O)cc1Cl. The van der Waals surface area contributed by atoms with Crippen LogP contribution < -0.4 is 15.8 Å². The predicted molar refractivity (Wildman–Crippen MR) is 132 cm³/mol. The predicted octanol–water partition coefficient (Wildman–Crippen LogP) is 4.16. The van der Waals surface area contributed by atoms with E-state index in [0.29, 0.717) is 29.6 Å². The highest BCUT2D eigenvalue weighted by Crippen LogP contribution is 2.23. The fourth-order valence-corrected chi connectivity index (χ4v) is 4.34. The summed E-state index contributed by atoms with van der Waals surface area (Å²) in [5.74, 6) is 0.686. The minimum atomic E-state index is -0.219. The van der Waals surface area contributed by atoms with Crippen molar-refractivity contribution < 1.29 is 4.79 Å². The number of hydrogen-bond donors (Lipinski definition) is 1. The van der Waals surface area contributed by atoms with Crippen molar-refractivity contribution >= 4 is 23.3 Å². The summed E-state index contributed by atoms with van der Waals surface area (Å²) in [6.07, 6.45) is 3.62. The normalized spacial score (nSPS) is 15.9. The Bertz CT molecular complexity index is 1160. The number of nitrogens with zero attached hydrogens (tertiary/aromatic N) is 3. The van der Waals surface area contributed by atoms with Crippen LogP contribution in [0, 0.1) is 12.8 Å². The number of aryl methyl sites for hydroxylation is 2. The third-order valence-corrected chi connectivity index (χ3v) is 6.49. The Morgan fingerprint density at radius 1 is 1.15 bits per heavy atom. The Hall–Kier alpha value is -3.12. The molecule has 1 N–H and O–H groups in total. The van der Waals surface area contributed by atoms with Crippen molar-refractivity contribution in [3.05, 3.63) is 87.2 Å².